The summed E-state index contributed by atoms with van der Waals surface area (Å²) in [5, 5.41) is 9.27. The average molecular weight is 419 g/mol. The number of ether oxygens (including phenoxy) is 1. The highest BCUT2D eigenvalue weighted by Crippen LogP contribution is 2.23. The topological polar surface area (TPSA) is 89.8 Å². The second-order valence-corrected chi connectivity index (χ2v) is 7.66. The van der Waals surface area contributed by atoms with Crippen molar-refractivity contribution in [2.24, 2.45) is 0 Å². The monoisotopic (exact) mass is 419 g/mol. The molecule has 0 unspecified atom stereocenters. The number of nitriles is 1. The van der Waals surface area contributed by atoms with Gasteiger partial charge in [-0.3, -0.25) is 19.4 Å². The van der Waals surface area contributed by atoms with Crippen molar-refractivity contribution in [1.82, 2.24) is 14.8 Å². The van der Waals surface area contributed by atoms with Crippen molar-refractivity contribution < 1.29 is 14.3 Å². The molecule has 8 heteroatoms. The SMILES string of the molecule is N#Cc1cccnc1N1CCN(CCCCN2C(=O)COc3ccccc3C2=O)CC1. The number of piperazine rings is 1. The number of imide groups is 1. The first-order valence-electron chi connectivity index (χ1n) is 10.6. The van der Waals surface area contributed by atoms with E-state index >= 15 is 0 Å². The molecule has 0 atom stereocenters. The van der Waals surface area contributed by atoms with Crippen molar-refractivity contribution in [3.63, 3.8) is 0 Å². The number of hydrogen-bond donors (Lipinski definition) is 0. The maximum atomic E-state index is 12.7. The molecule has 160 valence electrons. The van der Waals surface area contributed by atoms with Crippen LogP contribution >= 0.6 is 0 Å². The van der Waals surface area contributed by atoms with E-state index in [2.05, 4.69) is 20.9 Å². The van der Waals surface area contributed by atoms with Gasteiger partial charge in [0.2, 0.25) is 0 Å². The van der Waals surface area contributed by atoms with Gasteiger partial charge >= 0.3 is 0 Å². The van der Waals surface area contributed by atoms with Crippen molar-refractivity contribution in [2.75, 3.05) is 50.8 Å². The molecule has 0 N–H and O–H groups in total. The predicted molar refractivity (Wildman–Crippen MR) is 115 cm³/mol. The zero-order valence-corrected chi connectivity index (χ0v) is 17.4. The molecule has 8 nitrogen and oxygen atoms in total. The van der Waals surface area contributed by atoms with Gasteiger partial charge in [-0.2, -0.15) is 5.26 Å². The van der Waals surface area contributed by atoms with E-state index in [1.165, 1.54) is 4.90 Å². The van der Waals surface area contributed by atoms with E-state index < -0.39 is 0 Å². The van der Waals surface area contributed by atoms with Crippen LogP contribution < -0.4 is 9.64 Å². The van der Waals surface area contributed by atoms with Crippen LogP contribution in [-0.4, -0.2) is 72.5 Å². The molecule has 0 radical (unpaired) electrons. The summed E-state index contributed by atoms with van der Waals surface area (Å²) < 4.78 is 5.48. The molecule has 2 aromatic rings. The van der Waals surface area contributed by atoms with E-state index in [0.29, 0.717) is 23.4 Å². The van der Waals surface area contributed by atoms with Crippen molar-refractivity contribution in [2.45, 2.75) is 12.8 Å². The number of carbonyl (C=O) groups is 2. The summed E-state index contributed by atoms with van der Waals surface area (Å²) in [7, 11) is 0. The lowest BCUT2D eigenvalue weighted by molar-refractivity contribution is -0.130. The molecule has 1 fully saturated rings. The molecule has 2 aliphatic heterocycles. The molecule has 0 bridgehead atoms. The Labute approximate surface area is 181 Å². The molecule has 0 saturated carbocycles. The highest BCUT2D eigenvalue weighted by Gasteiger charge is 2.29. The van der Waals surface area contributed by atoms with Crippen LogP contribution in [-0.2, 0) is 4.79 Å². The lowest BCUT2D eigenvalue weighted by Crippen LogP contribution is -2.47. The second kappa shape index (κ2) is 9.58. The van der Waals surface area contributed by atoms with Gasteiger partial charge in [-0.1, -0.05) is 12.1 Å². The summed E-state index contributed by atoms with van der Waals surface area (Å²) >= 11 is 0. The van der Waals surface area contributed by atoms with Gasteiger partial charge in [0.25, 0.3) is 11.8 Å². The first kappa shape index (κ1) is 20.8. The third-order valence-corrected chi connectivity index (χ3v) is 5.70. The molecule has 2 aliphatic rings. The number of hydrogen-bond acceptors (Lipinski definition) is 7. The number of amides is 2. The fraction of sp³-hybridized carbons (Fsp3) is 0.391. The Kier molecular flexibility index (Phi) is 6.43. The van der Waals surface area contributed by atoms with Crippen LogP contribution in [0.15, 0.2) is 42.6 Å². The Morgan fingerprint density at radius 3 is 2.58 bits per heavy atom. The fourth-order valence-corrected chi connectivity index (χ4v) is 4.00. The Morgan fingerprint density at radius 1 is 1.00 bits per heavy atom. The molecular formula is C23H25N5O3. The van der Waals surface area contributed by atoms with Crippen LogP contribution in [0.2, 0.25) is 0 Å². The number of rotatable bonds is 6. The molecule has 31 heavy (non-hydrogen) atoms. The quantitative estimate of drug-likeness (QED) is 0.522. The molecule has 1 aromatic carbocycles. The lowest BCUT2D eigenvalue weighted by atomic mass is 10.1. The number of anilines is 1. The average Bonchev–Trinajstić information content (AvgIpc) is 2.94. The molecule has 4 rings (SSSR count). The minimum Gasteiger partial charge on any atom is -0.483 e. The molecule has 1 aromatic heterocycles. The Hall–Kier alpha value is -3.44. The second-order valence-electron chi connectivity index (χ2n) is 7.66. The standard InChI is InChI=1S/C23H25N5O3/c24-16-18-6-5-9-25-22(18)27-14-12-26(13-15-27)10-3-4-11-28-21(29)17-31-20-8-2-1-7-19(20)23(28)30/h1-2,5-9H,3-4,10-15,17H2. The Balaban J connectivity index is 1.24. The lowest BCUT2D eigenvalue weighted by Gasteiger charge is -2.35. The van der Waals surface area contributed by atoms with Gasteiger partial charge in [-0.25, -0.2) is 4.98 Å². The Morgan fingerprint density at radius 2 is 1.77 bits per heavy atom. The van der Waals surface area contributed by atoms with Gasteiger partial charge in [-0.15, -0.1) is 0 Å². The molecule has 2 amide bonds. The van der Waals surface area contributed by atoms with Crippen LogP contribution in [0, 0.1) is 11.3 Å². The van der Waals surface area contributed by atoms with E-state index in [0.717, 1.165) is 51.4 Å². The van der Waals surface area contributed by atoms with E-state index in [1.54, 1.807) is 42.6 Å². The number of nitrogens with zero attached hydrogens (tertiary/aromatic N) is 5. The van der Waals surface area contributed by atoms with Gasteiger partial charge in [0, 0.05) is 38.9 Å². The van der Waals surface area contributed by atoms with E-state index in [4.69, 9.17) is 4.74 Å². The molecular weight excluding hydrogens is 394 g/mol. The minimum absolute atomic E-state index is 0.108. The van der Waals surface area contributed by atoms with E-state index in [-0.39, 0.29) is 18.4 Å². The minimum atomic E-state index is -0.293. The van der Waals surface area contributed by atoms with Gasteiger partial charge in [0.1, 0.15) is 17.6 Å². The van der Waals surface area contributed by atoms with Crippen molar-refractivity contribution in [1.29, 1.82) is 5.26 Å². The summed E-state index contributed by atoms with van der Waals surface area (Å²) in [6.45, 7) is 4.63. The van der Waals surface area contributed by atoms with Gasteiger partial charge in [0.05, 0.1) is 11.1 Å². The highest BCUT2D eigenvalue weighted by molar-refractivity contribution is 6.07. The number of unbranched alkanes of at least 4 members (excludes halogenated alkanes) is 1. The third-order valence-electron chi connectivity index (χ3n) is 5.70. The summed E-state index contributed by atoms with van der Waals surface area (Å²) in [6.07, 6.45) is 3.36. The number of para-hydroxylation sites is 1. The van der Waals surface area contributed by atoms with Gasteiger partial charge in [-0.05, 0) is 43.7 Å². The van der Waals surface area contributed by atoms with Crippen molar-refractivity contribution in [3.8, 4) is 11.8 Å². The molecule has 0 aliphatic carbocycles. The van der Waals surface area contributed by atoms with E-state index in [9.17, 15) is 14.9 Å². The molecule has 1 saturated heterocycles. The van der Waals surface area contributed by atoms with Crippen LogP contribution in [0.1, 0.15) is 28.8 Å². The maximum Gasteiger partial charge on any atom is 0.267 e. The smallest absolute Gasteiger partial charge is 0.267 e. The van der Waals surface area contributed by atoms with Crippen LogP contribution in [0.3, 0.4) is 0 Å². The number of aromatic nitrogens is 1. The van der Waals surface area contributed by atoms with Gasteiger partial charge in [0.15, 0.2) is 6.61 Å². The maximum absolute atomic E-state index is 12.7. The Bertz CT molecular complexity index is 995. The van der Waals surface area contributed by atoms with Crippen LogP contribution in [0.4, 0.5) is 5.82 Å². The predicted octanol–water partition coefficient (Wildman–Crippen LogP) is 1.92. The van der Waals surface area contributed by atoms with Crippen molar-refractivity contribution >= 4 is 17.6 Å². The fourth-order valence-electron chi connectivity index (χ4n) is 4.00. The largest absolute Gasteiger partial charge is 0.483 e. The number of carbonyl (C=O) groups excluding carboxylic acids is 2. The third kappa shape index (κ3) is 4.67. The van der Waals surface area contributed by atoms with Crippen LogP contribution in [0.5, 0.6) is 5.75 Å². The first-order valence-corrected chi connectivity index (χ1v) is 10.6. The summed E-state index contributed by atoms with van der Waals surface area (Å²) in [5.74, 6) is 0.646. The molecule has 3 heterocycles. The van der Waals surface area contributed by atoms with Crippen LogP contribution in [0.25, 0.3) is 0 Å². The van der Waals surface area contributed by atoms with E-state index in [1.807, 2.05) is 0 Å². The summed E-state index contributed by atoms with van der Waals surface area (Å²) in [6, 6.07) is 12.8. The zero-order chi connectivity index (χ0) is 21.6. The van der Waals surface area contributed by atoms with Crippen molar-refractivity contribution in [3.05, 3.63) is 53.7 Å². The number of fused-ring (bicyclic) bond motifs is 1. The number of pyridine rings is 1. The number of benzene rings is 1. The normalized spacial score (nSPS) is 17.0. The summed E-state index contributed by atoms with van der Waals surface area (Å²) in [5.41, 5.74) is 1.05. The first-order chi connectivity index (χ1) is 15.2. The summed E-state index contributed by atoms with van der Waals surface area (Å²) in [4.78, 5) is 35.3. The zero-order valence-electron chi connectivity index (χ0n) is 17.4. The van der Waals surface area contributed by atoms with Gasteiger partial charge < -0.3 is 9.64 Å². The highest BCUT2D eigenvalue weighted by atomic mass is 16.5. The molecule has 0 spiro atoms.